The molecular formula is C17H28N6O2. The molecule has 8 nitrogen and oxygen atoms in total. The van der Waals surface area contributed by atoms with Crippen molar-refractivity contribution < 1.29 is 9.32 Å². The van der Waals surface area contributed by atoms with Crippen molar-refractivity contribution in [3.63, 3.8) is 0 Å². The van der Waals surface area contributed by atoms with Gasteiger partial charge in [-0.1, -0.05) is 5.16 Å². The largest absolute Gasteiger partial charge is 0.357 e. The van der Waals surface area contributed by atoms with Gasteiger partial charge in [-0.2, -0.15) is 4.98 Å². The first-order valence-corrected chi connectivity index (χ1v) is 9.04. The Labute approximate surface area is 148 Å². The van der Waals surface area contributed by atoms with Crippen molar-refractivity contribution in [2.45, 2.75) is 58.5 Å². The Morgan fingerprint density at radius 2 is 2.16 bits per heavy atom. The molecule has 8 heteroatoms. The maximum Gasteiger partial charge on any atom is 0.248 e. The quantitative estimate of drug-likeness (QED) is 0.653. The zero-order valence-corrected chi connectivity index (χ0v) is 15.6. The van der Waals surface area contributed by atoms with Crippen LogP contribution in [0.4, 0.5) is 0 Å². The first-order chi connectivity index (χ1) is 11.9. The van der Waals surface area contributed by atoms with Gasteiger partial charge in [-0.3, -0.25) is 4.79 Å². The maximum atomic E-state index is 11.8. The number of carbonyl (C=O) groups excluding carboxylic acids is 1. The highest BCUT2D eigenvalue weighted by atomic mass is 16.5. The van der Waals surface area contributed by atoms with E-state index in [4.69, 9.17) is 4.52 Å². The van der Waals surface area contributed by atoms with E-state index in [-0.39, 0.29) is 11.4 Å². The van der Waals surface area contributed by atoms with Gasteiger partial charge < -0.3 is 19.6 Å². The van der Waals surface area contributed by atoms with Gasteiger partial charge in [0.15, 0.2) is 11.8 Å². The van der Waals surface area contributed by atoms with Gasteiger partial charge in [0.05, 0.1) is 5.54 Å². The maximum absolute atomic E-state index is 11.8. The Bertz CT molecular complexity index is 649. The van der Waals surface area contributed by atoms with Crippen LogP contribution in [0.25, 0.3) is 0 Å². The fourth-order valence-electron chi connectivity index (χ4n) is 3.33. The minimum absolute atomic E-state index is 0.116. The van der Waals surface area contributed by atoms with Gasteiger partial charge >= 0.3 is 0 Å². The molecule has 1 aromatic heterocycles. The highest BCUT2D eigenvalue weighted by molar-refractivity contribution is 5.81. The lowest BCUT2D eigenvalue weighted by Crippen LogP contribution is -2.63. The molecule has 2 fully saturated rings. The highest BCUT2D eigenvalue weighted by Gasteiger charge is 2.36. The van der Waals surface area contributed by atoms with Crippen LogP contribution < -0.4 is 5.32 Å². The van der Waals surface area contributed by atoms with Crippen molar-refractivity contribution in [3.8, 4) is 0 Å². The molecule has 0 aromatic carbocycles. The average molecular weight is 348 g/mol. The smallest absolute Gasteiger partial charge is 0.248 e. The molecule has 0 radical (unpaired) electrons. The number of nitrogens with one attached hydrogen (secondary N) is 1. The Balaban J connectivity index is 1.68. The van der Waals surface area contributed by atoms with Gasteiger partial charge in [-0.15, -0.1) is 0 Å². The molecule has 0 unspecified atom stereocenters. The highest BCUT2D eigenvalue weighted by Crippen LogP contribution is 2.38. The molecule has 1 aliphatic carbocycles. The predicted octanol–water partition coefficient (Wildman–Crippen LogP) is 1.36. The first-order valence-electron chi connectivity index (χ1n) is 9.04. The van der Waals surface area contributed by atoms with Gasteiger partial charge in [-0.25, -0.2) is 4.99 Å². The molecule has 1 N–H and O–H groups in total. The Hall–Kier alpha value is -2.12. The molecule has 2 heterocycles. The molecular weight excluding hydrogens is 320 g/mol. The van der Waals surface area contributed by atoms with E-state index in [9.17, 15) is 4.79 Å². The second-order valence-electron chi connectivity index (χ2n) is 7.40. The number of rotatable bonds is 4. The van der Waals surface area contributed by atoms with E-state index < -0.39 is 0 Å². The molecule has 1 saturated heterocycles. The number of hydrogen-bond acceptors (Lipinski definition) is 5. The van der Waals surface area contributed by atoms with Gasteiger partial charge in [0, 0.05) is 39.0 Å². The number of aliphatic imine (C=N–C) groups is 1. The van der Waals surface area contributed by atoms with E-state index in [2.05, 4.69) is 39.2 Å². The summed E-state index contributed by atoms with van der Waals surface area (Å²) in [4.78, 5) is 25.0. The molecule has 1 saturated carbocycles. The van der Waals surface area contributed by atoms with E-state index >= 15 is 0 Å². The topological polar surface area (TPSA) is 86.9 Å². The minimum Gasteiger partial charge on any atom is -0.357 e. The molecule has 2 aliphatic rings. The number of amides is 1. The summed E-state index contributed by atoms with van der Waals surface area (Å²) in [5, 5.41) is 7.36. The monoisotopic (exact) mass is 348 g/mol. The SMILES string of the molecule is CCNC(=NCc1nc(C2CC2)no1)N1CCN(C(C)=O)C(C)(C)C1. The van der Waals surface area contributed by atoms with Crippen molar-refractivity contribution in [1.29, 1.82) is 0 Å². The van der Waals surface area contributed by atoms with Crippen molar-refractivity contribution in [1.82, 2.24) is 25.3 Å². The summed E-state index contributed by atoms with van der Waals surface area (Å²) in [7, 11) is 0. The van der Waals surface area contributed by atoms with Crippen LogP contribution in [0.5, 0.6) is 0 Å². The second-order valence-corrected chi connectivity index (χ2v) is 7.40. The number of carbonyl (C=O) groups is 1. The number of piperazine rings is 1. The lowest BCUT2D eigenvalue weighted by molar-refractivity contribution is -0.136. The van der Waals surface area contributed by atoms with Crippen molar-refractivity contribution in [2.75, 3.05) is 26.2 Å². The fraction of sp³-hybridized carbons (Fsp3) is 0.765. The fourth-order valence-corrected chi connectivity index (χ4v) is 3.33. The van der Waals surface area contributed by atoms with E-state index in [0.29, 0.717) is 24.9 Å². The molecule has 1 aromatic rings. The zero-order valence-electron chi connectivity index (χ0n) is 15.6. The van der Waals surface area contributed by atoms with Gasteiger partial charge in [0.1, 0.15) is 6.54 Å². The van der Waals surface area contributed by atoms with E-state index in [1.807, 2.05) is 11.8 Å². The van der Waals surface area contributed by atoms with Crippen molar-refractivity contribution in [3.05, 3.63) is 11.7 Å². The van der Waals surface area contributed by atoms with Crippen LogP contribution in [0.1, 0.15) is 58.2 Å². The summed E-state index contributed by atoms with van der Waals surface area (Å²) in [6, 6.07) is 0. The summed E-state index contributed by atoms with van der Waals surface area (Å²) in [5.74, 6) is 2.79. The third kappa shape index (κ3) is 4.11. The Morgan fingerprint density at radius 3 is 2.76 bits per heavy atom. The van der Waals surface area contributed by atoms with Crippen LogP contribution in [0.2, 0.25) is 0 Å². The molecule has 1 amide bonds. The molecule has 0 bridgehead atoms. The zero-order chi connectivity index (χ0) is 18.0. The standard InChI is InChI=1S/C17H28N6O2/c1-5-18-16(19-10-14-20-15(21-25-14)13-6-7-13)22-8-9-23(12(2)24)17(3,4)11-22/h13H,5-11H2,1-4H3,(H,18,19). The molecule has 25 heavy (non-hydrogen) atoms. The molecule has 138 valence electrons. The van der Waals surface area contributed by atoms with Gasteiger partial charge in [0.25, 0.3) is 0 Å². The number of nitrogens with zero attached hydrogens (tertiary/aromatic N) is 5. The Morgan fingerprint density at radius 1 is 1.40 bits per heavy atom. The van der Waals surface area contributed by atoms with E-state index in [1.54, 1.807) is 6.92 Å². The van der Waals surface area contributed by atoms with Crippen molar-refractivity contribution in [2.24, 2.45) is 4.99 Å². The summed E-state index contributed by atoms with van der Waals surface area (Å²) >= 11 is 0. The van der Waals surface area contributed by atoms with Gasteiger partial charge in [-0.05, 0) is 33.6 Å². The summed E-state index contributed by atoms with van der Waals surface area (Å²) in [5.41, 5.74) is -0.232. The lowest BCUT2D eigenvalue weighted by atomic mass is 9.99. The van der Waals surface area contributed by atoms with Crippen LogP contribution in [0.15, 0.2) is 9.52 Å². The average Bonchev–Trinajstić information content (AvgIpc) is 3.29. The molecule has 0 atom stereocenters. The van der Waals surface area contributed by atoms with Crippen LogP contribution in [-0.2, 0) is 11.3 Å². The van der Waals surface area contributed by atoms with Crippen LogP contribution in [0, 0.1) is 0 Å². The second kappa shape index (κ2) is 7.01. The third-order valence-corrected chi connectivity index (χ3v) is 4.71. The normalized spacial score (nSPS) is 20.7. The first kappa shape index (κ1) is 17.7. The summed E-state index contributed by atoms with van der Waals surface area (Å²) < 4.78 is 5.30. The Kier molecular flexibility index (Phi) is 4.96. The van der Waals surface area contributed by atoms with Crippen LogP contribution in [0.3, 0.4) is 0 Å². The summed E-state index contributed by atoms with van der Waals surface area (Å²) in [6.45, 7) is 11.2. The minimum atomic E-state index is -0.232. The van der Waals surface area contributed by atoms with E-state index in [0.717, 1.165) is 44.3 Å². The molecule has 0 spiro atoms. The number of aromatic nitrogens is 2. The van der Waals surface area contributed by atoms with Gasteiger partial charge in [0.2, 0.25) is 11.8 Å². The number of hydrogen-bond donors (Lipinski definition) is 1. The third-order valence-electron chi connectivity index (χ3n) is 4.71. The van der Waals surface area contributed by atoms with E-state index in [1.165, 1.54) is 0 Å². The summed E-state index contributed by atoms with van der Waals surface area (Å²) in [6.07, 6.45) is 2.31. The molecule has 1 aliphatic heterocycles. The van der Waals surface area contributed by atoms with Crippen molar-refractivity contribution >= 4 is 11.9 Å². The van der Waals surface area contributed by atoms with Crippen LogP contribution >= 0.6 is 0 Å². The van der Waals surface area contributed by atoms with Crippen LogP contribution in [-0.4, -0.2) is 63.5 Å². The lowest BCUT2D eigenvalue weighted by Gasteiger charge is -2.47. The molecule has 3 rings (SSSR count). The number of guanidine groups is 1. The predicted molar refractivity (Wildman–Crippen MR) is 94.1 cm³/mol.